The molecule has 0 aromatic heterocycles. The summed E-state index contributed by atoms with van der Waals surface area (Å²) in [7, 11) is 0. The normalized spacial score (nSPS) is 9.33. The van der Waals surface area contributed by atoms with Gasteiger partial charge in [-0.3, -0.25) is 4.79 Å². The lowest BCUT2D eigenvalue weighted by Crippen LogP contribution is -2.21. The van der Waals surface area contributed by atoms with Crippen molar-refractivity contribution in [3.63, 3.8) is 0 Å². The molecule has 1 aromatic rings. The summed E-state index contributed by atoms with van der Waals surface area (Å²) < 4.78 is 0. The zero-order valence-electron chi connectivity index (χ0n) is 11.4. The quantitative estimate of drug-likeness (QED) is 0.747. The molecule has 1 amide bonds. The van der Waals surface area contributed by atoms with Crippen LogP contribution in [0.5, 0.6) is 0 Å². The fourth-order valence-corrected chi connectivity index (χ4v) is 1.24. The highest BCUT2D eigenvalue weighted by atomic mass is 16.1. The molecule has 0 radical (unpaired) electrons. The van der Waals surface area contributed by atoms with Gasteiger partial charge in [0.15, 0.2) is 0 Å². The summed E-state index contributed by atoms with van der Waals surface area (Å²) in [5, 5.41) is 2.68. The van der Waals surface area contributed by atoms with Crippen LogP contribution in [0.3, 0.4) is 0 Å². The second kappa shape index (κ2) is 10.7. The van der Waals surface area contributed by atoms with Crippen LogP contribution in [0.4, 0.5) is 5.69 Å². The predicted molar refractivity (Wildman–Crippen MR) is 77.5 cm³/mol. The number of nitrogens with one attached hydrogen (secondary N) is 1. The van der Waals surface area contributed by atoms with Gasteiger partial charge in [-0.1, -0.05) is 32.4 Å². The molecule has 0 saturated carbocycles. The lowest BCUT2D eigenvalue weighted by Gasteiger charge is -2.03. The Hall–Kier alpha value is -1.39. The first-order valence-electron chi connectivity index (χ1n) is 6.46. The van der Waals surface area contributed by atoms with Crippen molar-refractivity contribution in [2.45, 2.75) is 33.1 Å². The standard InChI is InChI=1S/C10H14N2O.C4H11N/c1-2-8-3-5-9(6-4-8)12-10(13)7-11;1-2-3-4-5/h3-6H,2,7,11H2,1H3,(H,12,13);2-5H2,1H3. The molecule has 1 rings (SSSR count). The summed E-state index contributed by atoms with van der Waals surface area (Å²) >= 11 is 0. The Labute approximate surface area is 110 Å². The number of aryl methyl sites for hydroxylation is 1. The maximum Gasteiger partial charge on any atom is 0.238 e. The van der Waals surface area contributed by atoms with E-state index in [0.717, 1.165) is 18.7 Å². The lowest BCUT2D eigenvalue weighted by molar-refractivity contribution is -0.114. The summed E-state index contributed by atoms with van der Waals surface area (Å²) in [6.45, 7) is 5.09. The Morgan fingerprint density at radius 1 is 1.17 bits per heavy atom. The first-order chi connectivity index (χ1) is 8.67. The fourth-order valence-electron chi connectivity index (χ4n) is 1.24. The summed E-state index contributed by atoms with van der Waals surface area (Å²) in [6.07, 6.45) is 3.39. The maximum atomic E-state index is 10.9. The van der Waals surface area contributed by atoms with Crippen LogP contribution >= 0.6 is 0 Å². The van der Waals surface area contributed by atoms with Crippen LogP contribution < -0.4 is 16.8 Å². The van der Waals surface area contributed by atoms with Crippen molar-refractivity contribution in [2.24, 2.45) is 11.5 Å². The van der Waals surface area contributed by atoms with Crippen molar-refractivity contribution in [2.75, 3.05) is 18.4 Å². The third-order valence-electron chi connectivity index (χ3n) is 2.39. The van der Waals surface area contributed by atoms with Crippen molar-refractivity contribution in [1.82, 2.24) is 0 Å². The van der Waals surface area contributed by atoms with Gasteiger partial charge in [0.25, 0.3) is 0 Å². The van der Waals surface area contributed by atoms with Crippen LogP contribution in [0.2, 0.25) is 0 Å². The Bertz CT molecular complexity index is 320. The van der Waals surface area contributed by atoms with E-state index in [1.165, 1.54) is 18.4 Å². The number of anilines is 1. The van der Waals surface area contributed by atoms with E-state index in [9.17, 15) is 4.79 Å². The van der Waals surface area contributed by atoms with Gasteiger partial charge in [-0.25, -0.2) is 0 Å². The molecule has 102 valence electrons. The van der Waals surface area contributed by atoms with E-state index in [1.807, 2.05) is 24.3 Å². The van der Waals surface area contributed by atoms with Crippen molar-refractivity contribution in [3.8, 4) is 0 Å². The monoisotopic (exact) mass is 251 g/mol. The SMILES string of the molecule is CCCCN.CCc1ccc(NC(=O)CN)cc1. The summed E-state index contributed by atoms with van der Waals surface area (Å²) in [4.78, 5) is 10.9. The minimum Gasteiger partial charge on any atom is -0.330 e. The van der Waals surface area contributed by atoms with E-state index in [1.54, 1.807) is 0 Å². The second-order valence-electron chi connectivity index (χ2n) is 3.95. The number of nitrogens with two attached hydrogens (primary N) is 2. The predicted octanol–water partition coefficient (Wildman–Crippen LogP) is 1.89. The third kappa shape index (κ3) is 7.81. The van der Waals surface area contributed by atoms with Crippen LogP contribution in [-0.2, 0) is 11.2 Å². The molecule has 0 aliphatic heterocycles. The highest BCUT2D eigenvalue weighted by Gasteiger charge is 1.97. The summed E-state index contributed by atoms with van der Waals surface area (Å²) in [6, 6.07) is 7.75. The highest BCUT2D eigenvalue weighted by Crippen LogP contribution is 2.09. The van der Waals surface area contributed by atoms with Crippen LogP contribution in [0.1, 0.15) is 32.3 Å². The minimum absolute atomic E-state index is 0.0233. The molecule has 5 N–H and O–H groups in total. The third-order valence-corrected chi connectivity index (χ3v) is 2.39. The zero-order chi connectivity index (χ0) is 13.8. The van der Waals surface area contributed by atoms with Gasteiger partial charge in [0.1, 0.15) is 0 Å². The lowest BCUT2D eigenvalue weighted by atomic mass is 10.1. The topological polar surface area (TPSA) is 81.1 Å². The summed E-state index contributed by atoms with van der Waals surface area (Å²) in [5.41, 5.74) is 12.4. The molecule has 0 unspecified atom stereocenters. The van der Waals surface area contributed by atoms with Crippen LogP contribution in [0.25, 0.3) is 0 Å². The summed E-state index contributed by atoms with van der Waals surface area (Å²) in [5.74, 6) is -0.163. The average Bonchev–Trinajstić information content (AvgIpc) is 2.41. The van der Waals surface area contributed by atoms with E-state index in [4.69, 9.17) is 11.5 Å². The van der Waals surface area contributed by atoms with Gasteiger partial charge in [0.05, 0.1) is 6.54 Å². The Morgan fingerprint density at radius 2 is 1.78 bits per heavy atom. The number of rotatable bonds is 5. The van der Waals surface area contributed by atoms with Crippen LogP contribution in [0, 0.1) is 0 Å². The number of carbonyl (C=O) groups is 1. The van der Waals surface area contributed by atoms with Gasteiger partial charge in [0.2, 0.25) is 5.91 Å². The van der Waals surface area contributed by atoms with E-state index in [2.05, 4.69) is 19.2 Å². The van der Waals surface area contributed by atoms with Gasteiger partial charge in [-0.2, -0.15) is 0 Å². The van der Waals surface area contributed by atoms with Gasteiger partial charge in [-0.05, 0) is 37.1 Å². The van der Waals surface area contributed by atoms with E-state index < -0.39 is 0 Å². The molecule has 4 heteroatoms. The molecule has 0 bridgehead atoms. The number of hydrogen-bond acceptors (Lipinski definition) is 3. The molecule has 0 aliphatic carbocycles. The molecule has 0 fully saturated rings. The molecule has 0 saturated heterocycles. The number of carbonyl (C=O) groups excluding carboxylic acids is 1. The number of unbranched alkanes of at least 4 members (excludes halogenated alkanes) is 1. The minimum atomic E-state index is -0.163. The Kier molecular flexibility index (Phi) is 9.91. The second-order valence-corrected chi connectivity index (χ2v) is 3.95. The molecule has 0 atom stereocenters. The zero-order valence-corrected chi connectivity index (χ0v) is 11.4. The Balaban J connectivity index is 0.000000494. The smallest absolute Gasteiger partial charge is 0.238 e. The van der Waals surface area contributed by atoms with Crippen molar-refractivity contribution < 1.29 is 4.79 Å². The first-order valence-corrected chi connectivity index (χ1v) is 6.46. The first kappa shape index (κ1) is 16.6. The van der Waals surface area contributed by atoms with Gasteiger partial charge in [-0.15, -0.1) is 0 Å². The fraction of sp³-hybridized carbons (Fsp3) is 0.500. The van der Waals surface area contributed by atoms with E-state index >= 15 is 0 Å². The molecule has 4 nitrogen and oxygen atoms in total. The van der Waals surface area contributed by atoms with Gasteiger partial charge in [0, 0.05) is 5.69 Å². The van der Waals surface area contributed by atoms with Crippen molar-refractivity contribution in [1.29, 1.82) is 0 Å². The van der Waals surface area contributed by atoms with Gasteiger partial charge >= 0.3 is 0 Å². The average molecular weight is 251 g/mol. The number of benzene rings is 1. The van der Waals surface area contributed by atoms with E-state index in [-0.39, 0.29) is 12.5 Å². The van der Waals surface area contributed by atoms with Crippen LogP contribution in [-0.4, -0.2) is 19.0 Å². The van der Waals surface area contributed by atoms with Crippen molar-refractivity contribution >= 4 is 11.6 Å². The molecule has 0 aliphatic rings. The molecule has 0 heterocycles. The highest BCUT2D eigenvalue weighted by molar-refractivity contribution is 5.92. The molecule has 0 spiro atoms. The molecule has 1 aromatic carbocycles. The largest absolute Gasteiger partial charge is 0.330 e. The molecular weight excluding hydrogens is 226 g/mol. The van der Waals surface area contributed by atoms with Crippen LogP contribution in [0.15, 0.2) is 24.3 Å². The number of amides is 1. The van der Waals surface area contributed by atoms with Crippen molar-refractivity contribution in [3.05, 3.63) is 29.8 Å². The van der Waals surface area contributed by atoms with E-state index in [0.29, 0.717) is 0 Å². The maximum absolute atomic E-state index is 10.9. The van der Waals surface area contributed by atoms with Gasteiger partial charge < -0.3 is 16.8 Å². The molecule has 18 heavy (non-hydrogen) atoms. The molecular formula is C14H25N3O. The Morgan fingerprint density at radius 3 is 2.11 bits per heavy atom. The number of hydrogen-bond donors (Lipinski definition) is 3.